The average Bonchev–Trinajstić information content (AvgIpc) is 2.83. The number of carbonyl (C=O) groups is 3. The molecule has 0 aliphatic carbocycles. The third kappa shape index (κ3) is 6.47. The van der Waals surface area contributed by atoms with E-state index in [-0.39, 0.29) is 24.1 Å². The van der Waals surface area contributed by atoms with Crippen LogP contribution in [0.1, 0.15) is 34.9 Å². The predicted octanol–water partition coefficient (Wildman–Crippen LogP) is 5.13. The number of benzene rings is 3. The van der Waals surface area contributed by atoms with Crippen molar-refractivity contribution in [2.24, 2.45) is 0 Å². The number of hydrogen-bond acceptors (Lipinski definition) is 6. The van der Waals surface area contributed by atoms with Gasteiger partial charge in [-0.05, 0) is 24.3 Å². The zero-order valence-corrected chi connectivity index (χ0v) is 18.0. The minimum absolute atomic E-state index is 0.160. The number of para-hydroxylation sites is 1. The Morgan fingerprint density at radius 3 is 2.18 bits per heavy atom. The molecule has 168 valence electrons. The van der Waals surface area contributed by atoms with E-state index in [9.17, 15) is 24.5 Å². The summed E-state index contributed by atoms with van der Waals surface area (Å²) in [6.07, 6.45) is -1.77. The number of ether oxygens (including phenoxy) is 1. The van der Waals surface area contributed by atoms with Gasteiger partial charge in [0.05, 0.1) is 22.1 Å². The second-order valence-electron chi connectivity index (χ2n) is 6.98. The molecule has 0 saturated carbocycles. The number of nitro groups is 1. The molecule has 0 radical (unpaired) electrons. The van der Waals surface area contributed by atoms with E-state index in [4.69, 9.17) is 16.3 Å². The van der Waals surface area contributed by atoms with Gasteiger partial charge in [0.2, 0.25) is 11.7 Å². The summed E-state index contributed by atoms with van der Waals surface area (Å²) in [7, 11) is 0. The van der Waals surface area contributed by atoms with Crippen LogP contribution < -0.4 is 5.32 Å². The molecule has 3 aromatic rings. The lowest BCUT2D eigenvalue weighted by atomic mass is 9.99. The van der Waals surface area contributed by atoms with Crippen LogP contribution in [0, 0.1) is 10.1 Å². The Morgan fingerprint density at radius 1 is 0.909 bits per heavy atom. The van der Waals surface area contributed by atoms with Crippen molar-refractivity contribution < 1.29 is 24.0 Å². The Morgan fingerprint density at radius 2 is 1.55 bits per heavy atom. The highest BCUT2D eigenvalue weighted by Gasteiger charge is 2.27. The standard InChI is InChI=1S/C24H19ClN2O6/c25-19-8-4-5-9-20(19)26-21(28)14-15-22(29)33-24(23(30)16-6-2-1-3-7-16)17-10-12-18(13-11-17)27(31)32/h1-13,24H,14-15H2,(H,26,28)/t24-/m1/s1. The molecule has 0 heterocycles. The van der Waals surface area contributed by atoms with Gasteiger partial charge >= 0.3 is 5.97 Å². The summed E-state index contributed by atoms with van der Waals surface area (Å²) in [5.41, 5.74) is 0.848. The van der Waals surface area contributed by atoms with Crippen LogP contribution in [-0.2, 0) is 14.3 Å². The second kappa shape index (κ2) is 11.0. The number of esters is 1. The van der Waals surface area contributed by atoms with E-state index in [1.54, 1.807) is 54.6 Å². The molecule has 0 saturated heterocycles. The lowest BCUT2D eigenvalue weighted by Gasteiger charge is -2.17. The molecular weight excluding hydrogens is 448 g/mol. The number of Topliss-reactive ketones (excluding diaryl/α,β-unsaturated/α-hetero) is 1. The zero-order valence-electron chi connectivity index (χ0n) is 17.3. The number of nitrogens with zero attached hydrogens (tertiary/aromatic N) is 1. The summed E-state index contributed by atoms with van der Waals surface area (Å²) >= 11 is 6.01. The molecule has 0 aliphatic rings. The lowest BCUT2D eigenvalue weighted by molar-refractivity contribution is -0.384. The van der Waals surface area contributed by atoms with Crippen LogP contribution in [0.2, 0.25) is 5.02 Å². The fourth-order valence-corrected chi connectivity index (χ4v) is 3.16. The number of non-ortho nitro benzene ring substituents is 1. The molecule has 8 nitrogen and oxygen atoms in total. The molecule has 0 fully saturated rings. The highest BCUT2D eigenvalue weighted by atomic mass is 35.5. The molecule has 1 N–H and O–H groups in total. The maximum Gasteiger partial charge on any atom is 0.307 e. The fraction of sp³-hybridized carbons (Fsp3) is 0.125. The quantitative estimate of drug-likeness (QED) is 0.202. The van der Waals surface area contributed by atoms with Gasteiger partial charge in [0.15, 0.2) is 6.10 Å². The summed E-state index contributed by atoms with van der Waals surface area (Å²) < 4.78 is 5.41. The first-order valence-corrected chi connectivity index (χ1v) is 10.3. The van der Waals surface area contributed by atoms with Gasteiger partial charge in [-0.3, -0.25) is 24.5 Å². The summed E-state index contributed by atoms with van der Waals surface area (Å²) in [6.45, 7) is 0. The number of nitro benzene ring substituents is 1. The number of hydrogen-bond donors (Lipinski definition) is 1. The van der Waals surface area contributed by atoms with Crippen LogP contribution in [0.3, 0.4) is 0 Å². The summed E-state index contributed by atoms with van der Waals surface area (Å²) in [5.74, 6) is -1.70. The Kier molecular flexibility index (Phi) is 7.88. The topological polar surface area (TPSA) is 116 Å². The first kappa shape index (κ1) is 23.6. The fourth-order valence-electron chi connectivity index (χ4n) is 2.98. The number of amides is 1. The van der Waals surface area contributed by atoms with Crippen LogP contribution >= 0.6 is 11.6 Å². The van der Waals surface area contributed by atoms with E-state index in [0.29, 0.717) is 16.3 Å². The van der Waals surface area contributed by atoms with Crippen LogP contribution in [0.5, 0.6) is 0 Å². The van der Waals surface area contributed by atoms with Crippen molar-refractivity contribution in [1.82, 2.24) is 0 Å². The van der Waals surface area contributed by atoms with Crippen LogP contribution in [0.4, 0.5) is 11.4 Å². The minimum atomic E-state index is -1.31. The third-order valence-corrected chi connectivity index (χ3v) is 4.99. The second-order valence-corrected chi connectivity index (χ2v) is 7.38. The molecule has 0 aromatic heterocycles. The van der Waals surface area contributed by atoms with Crippen LogP contribution in [0.25, 0.3) is 0 Å². The number of ketones is 1. The van der Waals surface area contributed by atoms with Gasteiger partial charge in [-0.15, -0.1) is 0 Å². The lowest BCUT2D eigenvalue weighted by Crippen LogP contribution is -2.21. The van der Waals surface area contributed by atoms with Crippen LogP contribution in [-0.4, -0.2) is 22.6 Å². The SMILES string of the molecule is O=C(CCC(=O)O[C@@H](C(=O)c1ccccc1)c1ccc([N+](=O)[O-])cc1)Nc1ccccc1Cl. The Hall–Kier alpha value is -4.04. The number of nitrogens with one attached hydrogen (secondary N) is 1. The van der Waals surface area contributed by atoms with Crippen molar-refractivity contribution in [1.29, 1.82) is 0 Å². The van der Waals surface area contributed by atoms with Gasteiger partial charge in [-0.25, -0.2) is 0 Å². The average molecular weight is 467 g/mol. The number of anilines is 1. The van der Waals surface area contributed by atoms with E-state index in [1.165, 1.54) is 24.3 Å². The van der Waals surface area contributed by atoms with Gasteiger partial charge in [0, 0.05) is 29.7 Å². The molecule has 33 heavy (non-hydrogen) atoms. The molecule has 3 aromatic carbocycles. The van der Waals surface area contributed by atoms with Crippen molar-refractivity contribution in [2.75, 3.05) is 5.32 Å². The molecule has 1 atom stereocenters. The van der Waals surface area contributed by atoms with Gasteiger partial charge < -0.3 is 10.1 Å². The van der Waals surface area contributed by atoms with Gasteiger partial charge in [0.25, 0.3) is 5.69 Å². The molecule has 0 spiro atoms. The number of rotatable bonds is 9. The molecule has 0 unspecified atom stereocenters. The van der Waals surface area contributed by atoms with Gasteiger partial charge in [-0.2, -0.15) is 0 Å². The van der Waals surface area contributed by atoms with E-state index in [2.05, 4.69) is 5.32 Å². The van der Waals surface area contributed by atoms with Crippen molar-refractivity contribution in [2.45, 2.75) is 18.9 Å². The molecular formula is C24H19ClN2O6. The van der Waals surface area contributed by atoms with Crippen molar-refractivity contribution in [3.05, 3.63) is 105 Å². The van der Waals surface area contributed by atoms with E-state index >= 15 is 0 Å². The molecule has 1 amide bonds. The van der Waals surface area contributed by atoms with Crippen molar-refractivity contribution in [3.63, 3.8) is 0 Å². The largest absolute Gasteiger partial charge is 0.449 e. The highest BCUT2D eigenvalue weighted by Crippen LogP contribution is 2.26. The first-order valence-electron chi connectivity index (χ1n) is 9.92. The van der Waals surface area contributed by atoms with E-state index in [0.717, 1.165) is 0 Å². The summed E-state index contributed by atoms with van der Waals surface area (Å²) in [6, 6.07) is 20.1. The Bertz CT molecular complexity index is 1170. The summed E-state index contributed by atoms with van der Waals surface area (Å²) in [5, 5.41) is 13.9. The Labute approximate surface area is 194 Å². The maximum absolute atomic E-state index is 13.0. The van der Waals surface area contributed by atoms with Crippen LogP contribution in [0.15, 0.2) is 78.9 Å². The Balaban J connectivity index is 1.70. The minimum Gasteiger partial charge on any atom is -0.449 e. The first-order chi connectivity index (χ1) is 15.8. The highest BCUT2D eigenvalue weighted by molar-refractivity contribution is 6.33. The number of carbonyl (C=O) groups excluding carboxylic acids is 3. The third-order valence-electron chi connectivity index (χ3n) is 4.66. The van der Waals surface area contributed by atoms with Gasteiger partial charge in [0.1, 0.15) is 0 Å². The normalized spacial score (nSPS) is 11.3. The predicted molar refractivity (Wildman–Crippen MR) is 122 cm³/mol. The maximum atomic E-state index is 13.0. The zero-order chi connectivity index (χ0) is 23.8. The molecule has 0 aliphatic heterocycles. The van der Waals surface area contributed by atoms with Crippen molar-refractivity contribution >= 4 is 40.6 Å². The van der Waals surface area contributed by atoms with E-state index in [1.807, 2.05) is 0 Å². The molecule has 0 bridgehead atoms. The van der Waals surface area contributed by atoms with Gasteiger partial charge in [-0.1, -0.05) is 54.1 Å². The molecule has 3 rings (SSSR count). The summed E-state index contributed by atoms with van der Waals surface area (Å²) in [4.78, 5) is 48.0. The molecule has 9 heteroatoms. The van der Waals surface area contributed by atoms with Crippen molar-refractivity contribution in [3.8, 4) is 0 Å². The monoisotopic (exact) mass is 466 g/mol. The van der Waals surface area contributed by atoms with E-state index < -0.39 is 28.7 Å². The number of halogens is 1. The smallest absolute Gasteiger partial charge is 0.307 e.